The quantitative estimate of drug-likeness (QED) is 0.677. The van der Waals surface area contributed by atoms with Gasteiger partial charge >= 0.3 is 0 Å². The molecule has 1 aliphatic heterocycles. The van der Waals surface area contributed by atoms with E-state index in [1.54, 1.807) is 0 Å². The summed E-state index contributed by atoms with van der Waals surface area (Å²) in [5.74, 6) is 2.57. The second-order valence-electron chi connectivity index (χ2n) is 6.06. The van der Waals surface area contributed by atoms with Crippen LogP contribution in [-0.4, -0.2) is 37.5 Å². The van der Waals surface area contributed by atoms with Crippen LogP contribution in [0.3, 0.4) is 0 Å². The summed E-state index contributed by atoms with van der Waals surface area (Å²) in [6.45, 7) is 7.85. The number of benzene rings is 1. The van der Waals surface area contributed by atoms with Gasteiger partial charge in [0.15, 0.2) is 5.96 Å². The van der Waals surface area contributed by atoms with Gasteiger partial charge in [0.2, 0.25) is 0 Å². The Bertz CT molecular complexity index is 417. The first kappa shape index (κ1) is 14.9. The molecule has 1 N–H and O–H groups in total. The largest absolute Gasteiger partial charge is 0.356 e. The predicted octanol–water partition coefficient (Wildman–Crippen LogP) is 2.78. The standard InChI is InChI=1S/C17H27N3/c1-14-11-15(2)13-20(12-14)17(18-3)19-10-9-16-7-5-4-6-8-16/h4-8,14-15H,9-13H2,1-3H3,(H,18,19). The van der Waals surface area contributed by atoms with E-state index in [-0.39, 0.29) is 0 Å². The number of likely N-dealkylation sites (tertiary alicyclic amines) is 1. The van der Waals surface area contributed by atoms with E-state index < -0.39 is 0 Å². The zero-order chi connectivity index (χ0) is 14.4. The van der Waals surface area contributed by atoms with Crippen molar-refractivity contribution in [3.63, 3.8) is 0 Å². The first-order chi connectivity index (χ1) is 9.69. The summed E-state index contributed by atoms with van der Waals surface area (Å²) in [7, 11) is 1.88. The molecule has 1 aromatic carbocycles. The normalized spacial score (nSPS) is 23.8. The first-order valence-electron chi connectivity index (χ1n) is 7.68. The van der Waals surface area contributed by atoms with Gasteiger partial charge in [0, 0.05) is 26.7 Å². The van der Waals surface area contributed by atoms with E-state index in [9.17, 15) is 0 Å². The van der Waals surface area contributed by atoms with Crippen molar-refractivity contribution < 1.29 is 0 Å². The van der Waals surface area contributed by atoms with Gasteiger partial charge in [-0.3, -0.25) is 4.99 Å². The maximum absolute atomic E-state index is 4.44. The van der Waals surface area contributed by atoms with Crippen LogP contribution in [0.15, 0.2) is 35.3 Å². The van der Waals surface area contributed by atoms with Crippen LogP contribution in [0.1, 0.15) is 25.8 Å². The minimum absolute atomic E-state index is 0.756. The molecule has 1 saturated heterocycles. The van der Waals surface area contributed by atoms with E-state index in [1.807, 2.05) is 7.05 Å². The molecule has 0 amide bonds. The molecule has 0 radical (unpaired) electrons. The summed E-state index contributed by atoms with van der Waals surface area (Å²) in [6, 6.07) is 10.6. The molecule has 0 bridgehead atoms. The van der Waals surface area contributed by atoms with Crippen molar-refractivity contribution in [3.8, 4) is 0 Å². The zero-order valence-electron chi connectivity index (χ0n) is 13.0. The second kappa shape index (κ2) is 7.32. The fraction of sp³-hybridized carbons (Fsp3) is 0.588. The summed E-state index contributed by atoms with van der Waals surface area (Å²) in [5.41, 5.74) is 1.37. The summed E-state index contributed by atoms with van der Waals surface area (Å²) in [4.78, 5) is 6.85. The molecule has 0 aliphatic carbocycles. The molecule has 0 spiro atoms. The van der Waals surface area contributed by atoms with E-state index in [4.69, 9.17) is 0 Å². The van der Waals surface area contributed by atoms with E-state index in [2.05, 4.69) is 59.4 Å². The number of aliphatic imine (C=N–C) groups is 1. The molecule has 110 valence electrons. The Labute approximate surface area is 123 Å². The smallest absolute Gasteiger partial charge is 0.193 e. The van der Waals surface area contributed by atoms with Crippen LogP contribution in [-0.2, 0) is 6.42 Å². The maximum Gasteiger partial charge on any atom is 0.193 e. The Balaban J connectivity index is 1.83. The molecule has 1 fully saturated rings. The van der Waals surface area contributed by atoms with E-state index in [1.165, 1.54) is 12.0 Å². The number of hydrogen-bond donors (Lipinski definition) is 1. The van der Waals surface area contributed by atoms with Crippen LogP contribution >= 0.6 is 0 Å². The molecule has 0 aromatic heterocycles. The Morgan fingerprint density at radius 2 is 1.85 bits per heavy atom. The molecule has 20 heavy (non-hydrogen) atoms. The summed E-state index contributed by atoms with van der Waals surface area (Å²) in [5, 5.41) is 3.50. The van der Waals surface area contributed by atoms with Crippen molar-refractivity contribution in [2.24, 2.45) is 16.8 Å². The first-order valence-corrected chi connectivity index (χ1v) is 7.68. The number of guanidine groups is 1. The van der Waals surface area contributed by atoms with Gasteiger partial charge in [0.25, 0.3) is 0 Å². The zero-order valence-corrected chi connectivity index (χ0v) is 13.0. The highest BCUT2D eigenvalue weighted by atomic mass is 15.3. The van der Waals surface area contributed by atoms with Gasteiger partial charge in [-0.15, -0.1) is 0 Å². The number of rotatable bonds is 3. The molecule has 3 heteroatoms. The van der Waals surface area contributed by atoms with Crippen LogP contribution in [0, 0.1) is 11.8 Å². The lowest BCUT2D eigenvalue weighted by Crippen LogP contribution is -2.48. The van der Waals surface area contributed by atoms with Gasteiger partial charge in [-0.1, -0.05) is 44.2 Å². The van der Waals surface area contributed by atoms with Gasteiger partial charge in [0.05, 0.1) is 0 Å². The third kappa shape index (κ3) is 4.26. The lowest BCUT2D eigenvalue weighted by molar-refractivity contribution is 0.208. The van der Waals surface area contributed by atoms with Crippen LogP contribution in [0.2, 0.25) is 0 Å². The topological polar surface area (TPSA) is 27.6 Å². The van der Waals surface area contributed by atoms with Crippen molar-refractivity contribution in [1.29, 1.82) is 0 Å². The van der Waals surface area contributed by atoms with Gasteiger partial charge in [-0.05, 0) is 30.2 Å². The highest BCUT2D eigenvalue weighted by molar-refractivity contribution is 5.80. The minimum atomic E-state index is 0.756. The molecule has 0 saturated carbocycles. The Kier molecular flexibility index (Phi) is 5.45. The third-order valence-corrected chi connectivity index (χ3v) is 3.92. The van der Waals surface area contributed by atoms with E-state index in [0.29, 0.717) is 0 Å². The average molecular weight is 273 g/mol. The SMILES string of the molecule is CN=C(NCCc1ccccc1)N1CC(C)CC(C)C1. The lowest BCUT2D eigenvalue weighted by atomic mass is 9.92. The van der Waals surface area contributed by atoms with Crippen LogP contribution < -0.4 is 5.32 Å². The summed E-state index contributed by atoms with van der Waals surface area (Å²) >= 11 is 0. The maximum atomic E-state index is 4.44. The molecule has 1 heterocycles. The van der Waals surface area contributed by atoms with Crippen molar-refractivity contribution in [2.75, 3.05) is 26.7 Å². The molecule has 3 nitrogen and oxygen atoms in total. The van der Waals surface area contributed by atoms with Crippen molar-refractivity contribution in [3.05, 3.63) is 35.9 Å². The van der Waals surface area contributed by atoms with E-state index >= 15 is 0 Å². The number of nitrogens with one attached hydrogen (secondary N) is 1. The van der Waals surface area contributed by atoms with Crippen LogP contribution in [0.4, 0.5) is 0 Å². The molecule has 1 aliphatic rings. The fourth-order valence-electron chi connectivity index (χ4n) is 3.13. The van der Waals surface area contributed by atoms with Gasteiger partial charge in [-0.2, -0.15) is 0 Å². The van der Waals surface area contributed by atoms with Gasteiger partial charge in [0.1, 0.15) is 0 Å². The Morgan fingerprint density at radius 3 is 2.45 bits per heavy atom. The number of nitrogens with zero attached hydrogens (tertiary/aromatic N) is 2. The molecule has 2 unspecified atom stereocenters. The highest BCUT2D eigenvalue weighted by Gasteiger charge is 2.23. The Hall–Kier alpha value is -1.51. The van der Waals surface area contributed by atoms with Gasteiger partial charge < -0.3 is 10.2 Å². The summed E-state index contributed by atoms with van der Waals surface area (Å²) < 4.78 is 0. The summed E-state index contributed by atoms with van der Waals surface area (Å²) in [6.07, 6.45) is 2.37. The number of hydrogen-bond acceptors (Lipinski definition) is 1. The molecule has 2 atom stereocenters. The fourth-order valence-corrected chi connectivity index (χ4v) is 3.13. The van der Waals surface area contributed by atoms with Crippen molar-refractivity contribution >= 4 is 5.96 Å². The van der Waals surface area contributed by atoms with Gasteiger partial charge in [-0.25, -0.2) is 0 Å². The van der Waals surface area contributed by atoms with Crippen LogP contribution in [0.25, 0.3) is 0 Å². The lowest BCUT2D eigenvalue weighted by Gasteiger charge is -2.37. The van der Waals surface area contributed by atoms with E-state index in [0.717, 1.165) is 43.9 Å². The predicted molar refractivity (Wildman–Crippen MR) is 86.0 cm³/mol. The monoisotopic (exact) mass is 273 g/mol. The van der Waals surface area contributed by atoms with Crippen molar-refractivity contribution in [1.82, 2.24) is 10.2 Å². The Morgan fingerprint density at radius 1 is 1.20 bits per heavy atom. The van der Waals surface area contributed by atoms with Crippen LogP contribution in [0.5, 0.6) is 0 Å². The van der Waals surface area contributed by atoms with Crippen molar-refractivity contribution in [2.45, 2.75) is 26.7 Å². The number of piperidine rings is 1. The second-order valence-corrected chi connectivity index (χ2v) is 6.06. The molecule has 1 aromatic rings. The highest BCUT2D eigenvalue weighted by Crippen LogP contribution is 2.20. The minimum Gasteiger partial charge on any atom is -0.356 e. The molecular weight excluding hydrogens is 246 g/mol. The molecular formula is C17H27N3. The molecule has 2 rings (SSSR count). The average Bonchev–Trinajstić information content (AvgIpc) is 2.43. The third-order valence-electron chi connectivity index (χ3n) is 3.92.